The van der Waals surface area contributed by atoms with Gasteiger partial charge in [-0.25, -0.2) is 4.98 Å². The lowest BCUT2D eigenvalue weighted by atomic mass is 9.99. The van der Waals surface area contributed by atoms with Crippen LogP contribution in [0.2, 0.25) is 0 Å². The van der Waals surface area contributed by atoms with Gasteiger partial charge in [0.05, 0.1) is 12.0 Å². The van der Waals surface area contributed by atoms with Crippen LogP contribution in [0.25, 0.3) is 0 Å². The zero-order valence-electron chi connectivity index (χ0n) is 18.1. The van der Waals surface area contributed by atoms with Crippen molar-refractivity contribution < 1.29 is 9.59 Å². The molecule has 1 aromatic rings. The fourth-order valence-electron chi connectivity index (χ4n) is 4.65. The van der Waals surface area contributed by atoms with Crippen LogP contribution in [0.3, 0.4) is 0 Å². The summed E-state index contributed by atoms with van der Waals surface area (Å²) in [6.07, 6.45) is 8.29. The molecule has 7 nitrogen and oxygen atoms in total. The Balaban J connectivity index is 1.38. The molecule has 166 valence electrons. The zero-order valence-corrected chi connectivity index (χ0v) is 19.7. The Morgan fingerprint density at radius 2 is 2.13 bits per heavy atom. The predicted octanol–water partition coefficient (Wildman–Crippen LogP) is 3.06. The maximum absolute atomic E-state index is 12.8. The molecule has 4 heterocycles. The SMILES string of the molecule is CC1=C(C(=O)NCCCCN2CCCC2)C(C)N/C1=C\C1C(=O)Nc2ncc(Br)cc21. The number of allylic oxidation sites excluding steroid dienone is 1. The van der Waals surface area contributed by atoms with E-state index in [9.17, 15) is 9.59 Å². The second-order valence-corrected chi connectivity index (χ2v) is 9.47. The number of nitrogens with zero attached hydrogens (tertiary/aromatic N) is 2. The highest BCUT2D eigenvalue weighted by molar-refractivity contribution is 9.10. The summed E-state index contributed by atoms with van der Waals surface area (Å²) in [7, 11) is 0. The van der Waals surface area contributed by atoms with Crippen molar-refractivity contribution in [2.24, 2.45) is 0 Å². The highest BCUT2D eigenvalue weighted by atomic mass is 79.9. The zero-order chi connectivity index (χ0) is 22.0. The first-order chi connectivity index (χ1) is 14.9. The maximum Gasteiger partial charge on any atom is 0.249 e. The van der Waals surface area contributed by atoms with Gasteiger partial charge in [-0.3, -0.25) is 9.59 Å². The van der Waals surface area contributed by atoms with E-state index >= 15 is 0 Å². The summed E-state index contributed by atoms with van der Waals surface area (Å²) >= 11 is 3.43. The molecule has 2 atom stereocenters. The molecule has 0 radical (unpaired) electrons. The summed E-state index contributed by atoms with van der Waals surface area (Å²) in [5, 5.41) is 9.28. The van der Waals surface area contributed by atoms with Gasteiger partial charge in [-0.1, -0.05) is 0 Å². The van der Waals surface area contributed by atoms with E-state index in [-0.39, 0.29) is 17.9 Å². The molecule has 0 aromatic carbocycles. The van der Waals surface area contributed by atoms with Crippen LogP contribution in [-0.2, 0) is 9.59 Å². The van der Waals surface area contributed by atoms with Crippen LogP contribution in [-0.4, -0.2) is 53.9 Å². The molecular formula is C23H30BrN5O2. The van der Waals surface area contributed by atoms with Gasteiger partial charge in [0, 0.05) is 34.0 Å². The quantitative estimate of drug-likeness (QED) is 0.514. The van der Waals surface area contributed by atoms with E-state index in [2.05, 4.69) is 41.8 Å². The number of anilines is 1. The average molecular weight is 488 g/mol. The predicted molar refractivity (Wildman–Crippen MR) is 125 cm³/mol. The highest BCUT2D eigenvalue weighted by Crippen LogP contribution is 2.36. The van der Waals surface area contributed by atoms with Gasteiger partial charge >= 0.3 is 0 Å². The van der Waals surface area contributed by atoms with Crippen molar-refractivity contribution in [1.82, 2.24) is 20.5 Å². The van der Waals surface area contributed by atoms with Gasteiger partial charge < -0.3 is 20.9 Å². The molecule has 31 heavy (non-hydrogen) atoms. The van der Waals surface area contributed by atoms with E-state index in [0.29, 0.717) is 12.4 Å². The van der Waals surface area contributed by atoms with Gasteiger partial charge in [0.2, 0.25) is 11.8 Å². The number of carbonyl (C=O) groups is 2. The third-order valence-corrected chi connectivity index (χ3v) is 6.75. The van der Waals surface area contributed by atoms with Crippen molar-refractivity contribution in [2.45, 2.75) is 51.5 Å². The van der Waals surface area contributed by atoms with Crippen LogP contribution in [0.1, 0.15) is 51.0 Å². The monoisotopic (exact) mass is 487 g/mol. The Morgan fingerprint density at radius 1 is 1.35 bits per heavy atom. The number of carbonyl (C=O) groups excluding carboxylic acids is 2. The number of likely N-dealkylation sites (tertiary alicyclic amines) is 1. The molecule has 2 amide bonds. The largest absolute Gasteiger partial charge is 0.378 e. The minimum atomic E-state index is -0.433. The summed E-state index contributed by atoms with van der Waals surface area (Å²) in [5.74, 6) is 0.0290. The van der Waals surface area contributed by atoms with E-state index in [1.54, 1.807) is 6.20 Å². The fourth-order valence-corrected chi connectivity index (χ4v) is 5.00. The number of hydrogen-bond donors (Lipinski definition) is 3. The molecule has 1 fully saturated rings. The molecule has 0 aliphatic carbocycles. The molecule has 3 N–H and O–H groups in total. The molecule has 2 unspecified atom stereocenters. The molecule has 0 bridgehead atoms. The molecule has 0 spiro atoms. The molecule has 1 saturated heterocycles. The first-order valence-electron chi connectivity index (χ1n) is 11.1. The molecule has 3 aliphatic heterocycles. The van der Waals surface area contributed by atoms with Crippen LogP contribution in [0.15, 0.2) is 39.7 Å². The van der Waals surface area contributed by atoms with Crippen molar-refractivity contribution in [3.8, 4) is 0 Å². The lowest BCUT2D eigenvalue weighted by Gasteiger charge is -2.14. The number of nitrogens with one attached hydrogen (secondary N) is 3. The first-order valence-corrected chi connectivity index (χ1v) is 11.9. The number of pyridine rings is 1. The average Bonchev–Trinajstić information content (AvgIpc) is 3.42. The number of unbranched alkanes of at least 4 members (excludes halogenated alkanes) is 1. The normalized spacial score (nSPS) is 24.5. The third-order valence-electron chi connectivity index (χ3n) is 6.32. The van der Waals surface area contributed by atoms with E-state index in [1.165, 1.54) is 25.9 Å². The lowest BCUT2D eigenvalue weighted by molar-refractivity contribution is -0.118. The summed E-state index contributed by atoms with van der Waals surface area (Å²) in [4.78, 5) is 32.1. The van der Waals surface area contributed by atoms with Crippen LogP contribution in [0.5, 0.6) is 0 Å². The van der Waals surface area contributed by atoms with E-state index in [4.69, 9.17) is 0 Å². The molecule has 3 aliphatic rings. The van der Waals surface area contributed by atoms with E-state index in [1.807, 2.05) is 26.0 Å². The van der Waals surface area contributed by atoms with Gasteiger partial charge in [-0.05, 0) is 92.8 Å². The summed E-state index contributed by atoms with van der Waals surface area (Å²) in [6, 6.07) is 1.82. The Morgan fingerprint density at radius 3 is 2.90 bits per heavy atom. The van der Waals surface area contributed by atoms with E-state index in [0.717, 1.165) is 46.3 Å². The second kappa shape index (κ2) is 9.53. The van der Waals surface area contributed by atoms with Gasteiger partial charge in [-0.15, -0.1) is 0 Å². The van der Waals surface area contributed by atoms with Crippen LogP contribution >= 0.6 is 15.9 Å². The van der Waals surface area contributed by atoms with Crippen LogP contribution in [0.4, 0.5) is 5.82 Å². The highest BCUT2D eigenvalue weighted by Gasteiger charge is 2.34. The fraction of sp³-hybridized carbons (Fsp3) is 0.522. The number of halogens is 1. The first kappa shape index (κ1) is 22.0. The van der Waals surface area contributed by atoms with Crippen LogP contribution in [0, 0.1) is 0 Å². The Kier molecular flexibility index (Phi) is 6.77. The molecule has 0 saturated carbocycles. The standard InChI is InChI=1S/C23H30BrN5O2/c1-14-19(12-18-17-11-16(24)13-26-21(17)28-22(18)30)27-15(2)20(14)23(31)25-7-3-4-8-29-9-5-6-10-29/h11-13,15,18,27H,3-10H2,1-2H3,(H,25,31)(H,26,28,30)/b19-12-. The number of aromatic nitrogens is 1. The number of rotatable bonds is 7. The number of hydrogen-bond acceptors (Lipinski definition) is 5. The molecule has 1 aromatic heterocycles. The topological polar surface area (TPSA) is 86.4 Å². The maximum atomic E-state index is 12.8. The minimum Gasteiger partial charge on any atom is -0.378 e. The van der Waals surface area contributed by atoms with E-state index < -0.39 is 5.92 Å². The van der Waals surface area contributed by atoms with Crippen molar-refractivity contribution >= 4 is 33.6 Å². The van der Waals surface area contributed by atoms with Crippen molar-refractivity contribution in [1.29, 1.82) is 0 Å². The van der Waals surface area contributed by atoms with Crippen molar-refractivity contribution in [3.05, 3.63) is 45.2 Å². The van der Waals surface area contributed by atoms with Crippen molar-refractivity contribution in [3.63, 3.8) is 0 Å². The lowest BCUT2D eigenvalue weighted by Crippen LogP contribution is -2.32. The second-order valence-electron chi connectivity index (χ2n) is 8.56. The molecule has 4 rings (SSSR count). The molecule has 8 heteroatoms. The summed E-state index contributed by atoms with van der Waals surface area (Å²) in [5.41, 5.74) is 3.31. The summed E-state index contributed by atoms with van der Waals surface area (Å²) < 4.78 is 0.830. The Hall–Kier alpha value is -2.19. The third kappa shape index (κ3) is 4.85. The van der Waals surface area contributed by atoms with Crippen molar-refractivity contribution in [2.75, 3.05) is 31.5 Å². The van der Waals surface area contributed by atoms with Gasteiger partial charge in [0.1, 0.15) is 5.82 Å². The minimum absolute atomic E-state index is 0.0252. The Bertz CT molecular complexity index is 936. The molecular weight excluding hydrogens is 458 g/mol. The Labute approximate surface area is 191 Å². The smallest absolute Gasteiger partial charge is 0.249 e. The summed E-state index contributed by atoms with van der Waals surface area (Å²) in [6.45, 7) is 8.16. The van der Waals surface area contributed by atoms with Gasteiger partial charge in [0.15, 0.2) is 0 Å². The van der Waals surface area contributed by atoms with Crippen LogP contribution < -0.4 is 16.0 Å². The number of fused-ring (bicyclic) bond motifs is 1. The number of amides is 2. The van der Waals surface area contributed by atoms with Gasteiger partial charge in [0.25, 0.3) is 0 Å². The van der Waals surface area contributed by atoms with Gasteiger partial charge in [-0.2, -0.15) is 0 Å².